The summed E-state index contributed by atoms with van der Waals surface area (Å²) in [4.78, 5) is 30.0. The van der Waals surface area contributed by atoms with E-state index in [9.17, 15) is 14.0 Å². The van der Waals surface area contributed by atoms with Crippen LogP contribution in [0.1, 0.15) is 35.6 Å². The van der Waals surface area contributed by atoms with Gasteiger partial charge in [-0.05, 0) is 37.6 Å². The van der Waals surface area contributed by atoms with Gasteiger partial charge in [-0.15, -0.1) is 11.8 Å². The van der Waals surface area contributed by atoms with E-state index in [4.69, 9.17) is 9.72 Å². The highest BCUT2D eigenvalue weighted by Gasteiger charge is 2.28. The second kappa shape index (κ2) is 9.79. The monoisotopic (exact) mass is 512 g/mol. The number of carbonyl (C=O) groups is 1. The molecule has 0 amide bonds. The molecule has 4 rings (SSSR count). The van der Waals surface area contributed by atoms with Gasteiger partial charge < -0.3 is 9.30 Å². The van der Waals surface area contributed by atoms with Crippen molar-refractivity contribution < 1.29 is 13.9 Å². The smallest absolute Gasteiger partial charge is 0.357 e. The number of hydrogen-bond acceptors (Lipinski definition) is 7. The molecule has 4 aromatic rings. The molecule has 0 fully saturated rings. The van der Waals surface area contributed by atoms with Crippen molar-refractivity contribution >= 4 is 29.1 Å². The van der Waals surface area contributed by atoms with Crippen LogP contribution in [0.25, 0.3) is 27.5 Å². The quantitative estimate of drug-likeness (QED) is 0.254. The first kappa shape index (κ1) is 24.9. The third kappa shape index (κ3) is 4.81. The summed E-state index contributed by atoms with van der Waals surface area (Å²) in [5, 5.41) is 5.36. The molecule has 0 spiro atoms. The first-order valence-corrected chi connectivity index (χ1v) is 12.6. The van der Waals surface area contributed by atoms with Gasteiger partial charge in [0.05, 0.1) is 22.7 Å². The van der Waals surface area contributed by atoms with Gasteiger partial charge in [0.15, 0.2) is 5.69 Å². The van der Waals surface area contributed by atoms with E-state index in [-0.39, 0.29) is 16.5 Å². The number of aromatic nitrogens is 4. The van der Waals surface area contributed by atoms with Crippen LogP contribution < -0.4 is 5.56 Å². The van der Waals surface area contributed by atoms with Crippen LogP contribution in [0.4, 0.5) is 4.39 Å². The van der Waals surface area contributed by atoms with Gasteiger partial charge >= 0.3 is 5.97 Å². The van der Waals surface area contributed by atoms with Gasteiger partial charge in [0.1, 0.15) is 5.82 Å². The van der Waals surface area contributed by atoms with Crippen molar-refractivity contribution in [1.82, 2.24) is 19.3 Å². The molecule has 0 radical (unpaired) electrons. The summed E-state index contributed by atoms with van der Waals surface area (Å²) in [7, 11) is 3.00. The molecule has 0 aliphatic carbocycles. The Morgan fingerprint density at radius 2 is 1.94 bits per heavy atom. The first-order chi connectivity index (χ1) is 16.6. The van der Waals surface area contributed by atoms with Crippen molar-refractivity contribution in [1.29, 1.82) is 0 Å². The number of thioether (sulfide) groups is 1. The van der Waals surface area contributed by atoms with E-state index in [1.165, 1.54) is 39.8 Å². The van der Waals surface area contributed by atoms with Crippen molar-refractivity contribution in [2.75, 3.05) is 7.11 Å². The molecule has 3 aromatic heterocycles. The summed E-state index contributed by atoms with van der Waals surface area (Å²) in [6.45, 7) is 7.70. The van der Waals surface area contributed by atoms with E-state index in [0.717, 1.165) is 9.77 Å². The third-order valence-corrected chi connectivity index (χ3v) is 7.54. The molecule has 1 aromatic carbocycles. The maximum Gasteiger partial charge on any atom is 0.357 e. The fourth-order valence-corrected chi connectivity index (χ4v) is 6.29. The molecule has 0 aliphatic rings. The van der Waals surface area contributed by atoms with E-state index in [1.807, 2.05) is 6.07 Å². The Kier molecular flexibility index (Phi) is 6.95. The van der Waals surface area contributed by atoms with Crippen LogP contribution in [0.5, 0.6) is 0 Å². The average molecular weight is 513 g/mol. The van der Waals surface area contributed by atoms with E-state index in [1.54, 1.807) is 51.0 Å². The minimum atomic E-state index is -0.599. The van der Waals surface area contributed by atoms with E-state index in [0.29, 0.717) is 33.2 Å². The zero-order valence-electron chi connectivity index (χ0n) is 20.2. The largest absolute Gasteiger partial charge is 0.464 e. The molecule has 0 N–H and O–H groups in total. The third-order valence-electron chi connectivity index (χ3n) is 5.30. The summed E-state index contributed by atoms with van der Waals surface area (Å²) >= 11 is 3.04. The molecule has 10 heteroatoms. The lowest BCUT2D eigenvalue weighted by molar-refractivity contribution is 0.0591. The Morgan fingerprint density at radius 1 is 1.20 bits per heavy atom. The zero-order chi connectivity index (χ0) is 25.4. The predicted molar refractivity (Wildman–Crippen MR) is 137 cm³/mol. The number of nitrogens with zero attached hydrogens (tertiary/aromatic N) is 4. The summed E-state index contributed by atoms with van der Waals surface area (Å²) in [5.74, 6) is -1.01. The zero-order valence-corrected chi connectivity index (χ0v) is 21.9. The molecule has 3 heterocycles. The van der Waals surface area contributed by atoms with Gasteiger partial charge in [0.2, 0.25) is 5.13 Å². The molecule has 0 saturated heterocycles. The number of esters is 1. The number of rotatable bonds is 6. The van der Waals surface area contributed by atoms with Crippen LogP contribution in [-0.2, 0) is 11.8 Å². The molecule has 0 aliphatic heterocycles. The van der Waals surface area contributed by atoms with Crippen LogP contribution in [0.2, 0.25) is 0 Å². The number of pyridine rings is 1. The predicted octanol–water partition coefficient (Wildman–Crippen LogP) is 5.40. The Bertz CT molecular complexity index is 1460. The van der Waals surface area contributed by atoms with E-state index >= 15 is 0 Å². The average Bonchev–Trinajstić information content (AvgIpc) is 3.37. The van der Waals surface area contributed by atoms with E-state index in [2.05, 4.69) is 18.9 Å². The van der Waals surface area contributed by atoms with Crippen molar-refractivity contribution in [2.45, 2.75) is 37.2 Å². The minimum absolute atomic E-state index is 0.0716. The Balaban J connectivity index is 1.96. The number of aryl methyl sites for hydroxylation is 3. The second-order valence-electron chi connectivity index (χ2n) is 8.35. The fourth-order valence-electron chi connectivity index (χ4n) is 3.81. The molecule has 7 nitrogen and oxygen atoms in total. The fraction of sp³-hybridized carbons (Fsp3) is 0.280. The van der Waals surface area contributed by atoms with Gasteiger partial charge in [-0.25, -0.2) is 14.2 Å². The number of carbonyl (C=O) groups excluding carboxylic acids is 1. The van der Waals surface area contributed by atoms with Crippen molar-refractivity contribution in [3.8, 4) is 27.5 Å². The Morgan fingerprint density at radius 3 is 2.57 bits per heavy atom. The molecular formula is C25H25FN4O3S2. The van der Waals surface area contributed by atoms with Crippen LogP contribution in [-0.4, -0.2) is 37.7 Å². The number of methoxy groups -OCH3 is 1. The van der Waals surface area contributed by atoms with Gasteiger partial charge in [-0.3, -0.25) is 4.79 Å². The summed E-state index contributed by atoms with van der Waals surface area (Å²) in [6, 6.07) is 7.84. The summed E-state index contributed by atoms with van der Waals surface area (Å²) in [5.41, 5.74) is 3.77. The minimum Gasteiger partial charge on any atom is -0.464 e. The lowest BCUT2D eigenvalue weighted by Gasteiger charge is -2.07. The maximum atomic E-state index is 14.0. The van der Waals surface area contributed by atoms with Crippen LogP contribution >= 0.6 is 23.1 Å². The van der Waals surface area contributed by atoms with Crippen molar-refractivity contribution in [3.63, 3.8) is 0 Å². The number of halogens is 1. The van der Waals surface area contributed by atoms with Crippen LogP contribution in [0.15, 0.2) is 45.5 Å². The summed E-state index contributed by atoms with van der Waals surface area (Å²) in [6.07, 6.45) is 1.76. The molecule has 182 valence electrons. The van der Waals surface area contributed by atoms with Crippen LogP contribution in [0.3, 0.4) is 0 Å². The molecule has 0 unspecified atom stereocenters. The number of hydrogen-bond donors (Lipinski definition) is 0. The lowest BCUT2D eigenvalue weighted by Crippen LogP contribution is -2.18. The van der Waals surface area contributed by atoms with Crippen molar-refractivity contribution in [3.05, 3.63) is 69.7 Å². The number of thiazole rings is 1. The lowest BCUT2D eigenvalue weighted by atomic mass is 10.0. The summed E-state index contributed by atoms with van der Waals surface area (Å²) < 4.78 is 23.0. The number of ether oxygens (including phenoxy) is 1. The van der Waals surface area contributed by atoms with Gasteiger partial charge in [-0.2, -0.15) is 9.78 Å². The van der Waals surface area contributed by atoms with Gasteiger partial charge in [-0.1, -0.05) is 37.3 Å². The number of benzene rings is 1. The van der Waals surface area contributed by atoms with E-state index < -0.39 is 11.8 Å². The highest BCUT2D eigenvalue weighted by Crippen LogP contribution is 2.41. The molecule has 0 atom stereocenters. The van der Waals surface area contributed by atoms with Gasteiger partial charge in [0.25, 0.3) is 5.56 Å². The molecule has 0 bridgehead atoms. The maximum absolute atomic E-state index is 14.0. The van der Waals surface area contributed by atoms with Gasteiger partial charge in [0, 0.05) is 35.2 Å². The highest BCUT2D eigenvalue weighted by molar-refractivity contribution is 8.01. The van der Waals surface area contributed by atoms with Crippen LogP contribution in [0, 0.1) is 19.7 Å². The Labute approximate surface area is 210 Å². The highest BCUT2D eigenvalue weighted by atomic mass is 32.2. The molecular weight excluding hydrogens is 487 g/mol. The standard InChI is InChI=1S/C25H25FN4O3S2/c1-13(2)34-24-20(17-10-14(3)22(31)29(5)12-17)27-25(35-24)30-21(23(32)33-6)19(15(4)28-30)16-8-7-9-18(26)11-16/h7-13H,1-6H3. The van der Waals surface area contributed by atoms with Crippen molar-refractivity contribution in [2.24, 2.45) is 7.05 Å². The second-order valence-corrected chi connectivity index (χ2v) is 11.2. The first-order valence-electron chi connectivity index (χ1n) is 10.9. The normalized spacial score (nSPS) is 11.3. The SMILES string of the molecule is COC(=O)c1c(-c2cccc(F)c2)c(C)nn1-c1nc(-c2cc(C)c(=O)n(C)c2)c(SC(C)C)s1. The topological polar surface area (TPSA) is 79.0 Å². The molecule has 0 saturated carbocycles. The Hall–Kier alpha value is -3.24. The molecule has 35 heavy (non-hydrogen) atoms.